The molecule has 2 atom stereocenters. The van der Waals surface area contributed by atoms with E-state index in [2.05, 4.69) is 16.0 Å². The second-order valence-electron chi connectivity index (χ2n) is 6.54. The summed E-state index contributed by atoms with van der Waals surface area (Å²) in [6.45, 7) is 1.59. The molecule has 0 radical (unpaired) electrons. The van der Waals surface area contributed by atoms with Crippen LogP contribution in [0.2, 0.25) is 0 Å². The summed E-state index contributed by atoms with van der Waals surface area (Å²) in [7, 11) is 1.56. The fourth-order valence-electron chi connectivity index (χ4n) is 3.63. The van der Waals surface area contributed by atoms with Gasteiger partial charge >= 0.3 is 0 Å². The zero-order valence-electron chi connectivity index (χ0n) is 13.8. The number of rotatable bonds is 4. The first-order valence-corrected chi connectivity index (χ1v) is 8.46. The Balaban J connectivity index is 1.71. The number of piperidine rings is 2. The predicted molar refractivity (Wildman–Crippen MR) is 86.5 cm³/mol. The fourth-order valence-corrected chi connectivity index (χ4v) is 3.63. The summed E-state index contributed by atoms with van der Waals surface area (Å²) in [5.41, 5.74) is 0.501. The van der Waals surface area contributed by atoms with Crippen molar-refractivity contribution in [2.75, 3.05) is 20.2 Å². The van der Waals surface area contributed by atoms with Crippen LogP contribution in [0.25, 0.3) is 5.32 Å². The van der Waals surface area contributed by atoms with Crippen molar-refractivity contribution in [1.29, 1.82) is 0 Å². The van der Waals surface area contributed by atoms with Gasteiger partial charge in [-0.1, -0.05) is 12.8 Å². The number of ether oxygens (including phenoxy) is 1. The molecule has 0 spiro atoms. The molecule has 2 unspecified atom stereocenters. The van der Waals surface area contributed by atoms with E-state index >= 15 is 0 Å². The monoisotopic (exact) mass is 336 g/mol. The molecule has 3 aliphatic rings. The van der Waals surface area contributed by atoms with E-state index in [0.29, 0.717) is 24.3 Å². The number of hydrogen-bond acceptors (Lipinski definition) is 4. The maximum Gasteiger partial charge on any atom is 0.249 e. The van der Waals surface area contributed by atoms with Gasteiger partial charge in [0.2, 0.25) is 11.8 Å². The van der Waals surface area contributed by atoms with E-state index in [4.69, 9.17) is 4.74 Å². The van der Waals surface area contributed by atoms with Crippen LogP contribution in [0.1, 0.15) is 32.1 Å². The number of methoxy groups -OCH3 is 1. The Morgan fingerprint density at radius 2 is 2.04 bits per heavy atom. The summed E-state index contributed by atoms with van der Waals surface area (Å²) in [6, 6.07) is -0.545. The van der Waals surface area contributed by atoms with Crippen molar-refractivity contribution in [2.45, 2.75) is 38.1 Å². The van der Waals surface area contributed by atoms with E-state index < -0.39 is 6.04 Å². The highest BCUT2D eigenvalue weighted by atomic mass is 19.1. The van der Waals surface area contributed by atoms with Crippen molar-refractivity contribution >= 4 is 11.8 Å². The standard InChI is InChI=1S/C17H23FN3O3/c1-24-15-8-11(10-4-6-19-7-5-10)12(18)9-14(15)20-13-2-3-16(22)21-17(13)23/h9-11,13,20H,2-8H2,1H3,(H,21,22,23)/q-1. The molecule has 0 saturated carbocycles. The van der Waals surface area contributed by atoms with E-state index in [0.717, 1.165) is 25.9 Å². The van der Waals surface area contributed by atoms with Crippen LogP contribution in [0.5, 0.6) is 0 Å². The highest BCUT2D eigenvalue weighted by Crippen LogP contribution is 2.39. The number of allylic oxidation sites excluding steroid dienone is 3. The Labute approximate surface area is 140 Å². The molecule has 132 valence electrons. The van der Waals surface area contributed by atoms with Crippen LogP contribution in [0.3, 0.4) is 0 Å². The second-order valence-corrected chi connectivity index (χ2v) is 6.54. The highest BCUT2D eigenvalue weighted by Gasteiger charge is 2.33. The van der Waals surface area contributed by atoms with Gasteiger partial charge in [0.1, 0.15) is 17.6 Å². The Morgan fingerprint density at radius 3 is 2.71 bits per heavy atom. The van der Waals surface area contributed by atoms with Crippen LogP contribution in [0.4, 0.5) is 4.39 Å². The van der Waals surface area contributed by atoms with E-state index in [9.17, 15) is 14.0 Å². The Hall–Kier alpha value is -1.89. The molecule has 0 aromatic heterocycles. The van der Waals surface area contributed by atoms with E-state index in [1.807, 2.05) is 0 Å². The summed E-state index contributed by atoms with van der Waals surface area (Å²) < 4.78 is 20.1. The third-order valence-electron chi connectivity index (χ3n) is 5.04. The number of carbonyl (C=O) groups excluding carboxylic acids is 2. The smallest absolute Gasteiger partial charge is 0.249 e. The molecule has 2 N–H and O–H groups in total. The minimum atomic E-state index is -0.545. The number of amides is 2. The van der Waals surface area contributed by atoms with Gasteiger partial charge in [0.05, 0.1) is 12.8 Å². The van der Waals surface area contributed by atoms with Crippen molar-refractivity contribution in [3.63, 3.8) is 0 Å². The maximum absolute atomic E-state index is 14.7. The molecule has 2 heterocycles. The Morgan fingerprint density at radius 1 is 1.29 bits per heavy atom. The van der Waals surface area contributed by atoms with Gasteiger partial charge in [-0.2, -0.15) is 0 Å². The quantitative estimate of drug-likeness (QED) is 0.768. The van der Waals surface area contributed by atoms with Gasteiger partial charge in [-0.05, 0) is 18.4 Å². The van der Waals surface area contributed by atoms with Gasteiger partial charge in [-0.3, -0.25) is 14.9 Å². The number of hydrogen-bond donors (Lipinski definition) is 2. The third-order valence-corrected chi connectivity index (χ3v) is 5.04. The van der Waals surface area contributed by atoms with Gasteiger partial charge in [-0.15, -0.1) is 13.1 Å². The average Bonchev–Trinajstić information content (AvgIpc) is 2.58. The predicted octanol–water partition coefficient (Wildman–Crippen LogP) is 1.90. The van der Waals surface area contributed by atoms with Crippen molar-refractivity contribution in [3.8, 4) is 0 Å². The number of nitrogens with zero attached hydrogens (tertiary/aromatic N) is 1. The van der Waals surface area contributed by atoms with Gasteiger partial charge in [0.15, 0.2) is 0 Å². The normalized spacial score (nSPS) is 29.2. The first-order chi connectivity index (χ1) is 11.6. The SMILES string of the molecule is COC1=C(NC2CCC(=O)NC2=O)C=C(F)C(C2CC[N-]CC2)C1. The van der Waals surface area contributed by atoms with Crippen molar-refractivity contribution in [2.24, 2.45) is 11.8 Å². The first-order valence-electron chi connectivity index (χ1n) is 8.46. The van der Waals surface area contributed by atoms with Crippen LogP contribution < -0.4 is 10.6 Å². The molecule has 6 nitrogen and oxygen atoms in total. The van der Waals surface area contributed by atoms with E-state index in [-0.39, 0.29) is 35.9 Å². The van der Waals surface area contributed by atoms with Crippen LogP contribution in [0.15, 0.2) is 23.4 Å². The zero-order valence-corrected chi connectivity index (χ0v) is 13.8. The lowest BCUT2D eigenvalue weighted by molar-refractivity contribution is -0.134. The van der Waals surface area contributed by atoms with E-state index in [1.54, 1.807) is 7.11 Å². The topological polar surface area (TPSA) is 81.5 Å². The largest absolute Gasteiger partial charge is 0.662 e. The van der Waals surface area contributed by atoms with E-state index in [1.165, 1.54) is 6.08 Å². The summed E-state index contributed by atoms with van der Waals surface area (Å²) >= 11 is 0. The molecule has 2 amide bonds. The van der Waals surface area contributed by atoms with Crippen molar-refractivity contribution in [1.82, 2.24) is 10.6 Å². The number of carbonyl (C=O) groups is 2. The molecular formula is C17H23FN3O3-. The minimum absolute atomic E-state index is 0.169. The molecule has 7 heteroatoms. The molecule has 2 saturated heterocycles. The number of nitrogens with one attached hydrogen (secondary N) is 2. The van der Waals surface area contributed by atoms with Crippen LogP contribution in [0, 0.1) is 11.8 Å². The maximum atomic E-state index is 14.7. The van der Waals surface area contributed by atoms with Crippen LogP contribution in [-0.4, -0.2) is 38.1 Å². The minimum Gasteiger partial charge on any atom is -0.662 e. The summed E-state index contributed by atoms with van der Waals surface area (Å²) in [5.74, 6) is -0.0546. The second kappa shape index (κ2) is 7.34. The lowest BCUT2D eigenvalue weighted by atomic mass is 9.79. The van der Waals surface area contributed by atoms with Crippen LogP contribution >= 0.6 is 0 Å². The first kappa shape index (κ1) is 17.0. The molecular weight excluding hydrogens is 313 g/mol. The van der Waals surface area contributed by atoms with Gasteiger partial charge in [0, 0.05) is 18.8 Å². The van der Waals surface area contributed by atoms with Gasteiger partial charge < -0.3 is 15.4 Å². The Bertz CT molecular complexity index is 582. The summed E-state index contributed by atoms with van der Waals surface area (Å²) in [4.78, 5) is 23.1. The van der Waals surface area contributed by atoms with Crippen molar-refractivity contribution < 1.29 is 18.7 Å². The molecule has 1 aliphatic carbocycles. The molecule has 0 aromatic carbocycles. The van der Waals surface area contributed by atoms with Gasteiger partial charge in [-0.25, -0.2) is 4.39 Å². The highest BCUT2D eigenvalue weighted by molar-refractivity contribution is 6.00. The third kappa shape index (κ3) is 3.61. The molecule has 3 rings (SSSR count). The molecule has 2 aliphatic heterocycles. The fraction of sp³-hybridized carbons (Fsp3) is 0.647. The molecule has 2 fully saturated rings. The lowest BCUT2D eigenvalue weighted by Crippen LogP contribution is -2.50. The number of imide groups is 1. The summed E-state index contributed by atoms with van der Waals surface area (Å²) in [6.07, 6.45) is 4.41. The average molecular weight is 336 g/mol. The molecule has 24 heavy (non-hydrogen) atoms. The lowest BCUT2D eigenvalue weighted by Gasteiger charge is -2.38. The van der Waals surface area contributed by atoms with Gasteiger partial charge in [0.25, 0.3) is 0 Å². The Kier molecular flexibility index (Phi) is 5.18. The van der Waals surface area contributed by atoms with Crippen LogP contribution in [-0.2, 0) is 14.3 Å². The number of halogens is 1. The molecule has 0 aromatic rings. The molecule has 0 bridgehead atoms. The van der Waals surface area contributed by atoms with Crippen molar-refractivity contribution in [3.05, 3.63) is 28.7 Å². The summed E-state index contributed by atoms with van der Waals surface area (Å²) in [5, 5.41) is 9.66. The zero-order chi connectivity index (χ0) is 17.1.